The van der Waals surface area contributed by atoms with Crippen LogP contribution < -0.4 is 10.2 Å². The van der Waals surface area contributed by atoms with Crippen LogP contribution in [0.1, 0.15) is 11.3 Å². The van der Waals surface area contributed by atoms with Crippen molar-refractivity contribution in [3.05, 3.63) is 51.5 Å². The number of nitro groups is 1. The number of aryl methyl sites for hydroxylation is 1. The molecule has 1 aromatic heterocycles. The van der Waals surface area contributed by atoms with Crippen LogP contribution in [0.2, 0.25) is 0 Å². The number of morpholine rings is 1. The zero-order valence-electron chi connectivity index (χ0n) is 13.7. The van der Waals surface area contributed by atoms with Crippen molar-refractivity contribution in [2.75, 3.05) is 36.5 Å². The average molecular weight is 347 g/mol. The highest BCUT2D eigenvalue weighted by molar-refractivity contribution is 5.62. The predicted molar refractivity (Wildman–Crippen MR) is 90.2 cm³/mol. The van der Waals surface area contributed by atoms with Crippen LogP contribution in [0, 0.1) is 22.9 Å². The molecule has 2 aromatic rings. The van der Waals surface area contributed by atoms with Gasteiger partial charge in [0, 0.05) is 19.6 Å². The zero-order chi connectivity index (χ0) is 17.8. The number of ether oxygens (including phenoxy) is 1. The molecule has 1 fully saturated rings. The molecular formula is C16H18FN5O3. The fraction of sp³-hybridized carbons (Fsp3) is 0.375. The Bertz CT molecular complexity index is 763. The summed E-state index contributed by atoms with van der Waals surface area (Å²) in [5, 5.41) is 14.5. The summed E-state index contributed by atoms with van der Waals surface area (Å²) in [6, 6.07) is 6.06. The Hall–Kier alpha value is -2.81. The minimum atomic E-state index is -0.454. The third-order valence-corrected chi connectivity index (χ3v) is 3.90. The number of halogens is 1. The molecule has 0 spiro atoms. The number of nitrogens with one attached hydrogen (secondary N) is 1. The van der Waals surface area contributed by atoms with Gasteiger partial charge in [-0.1, -0.05) is 12.1 Å². The molecule has 0 amide bonds. The second kappa shape index (κ2) is 7.39. The Morgan fingerprint density at radius 1 is 1.28 bits per heavy atom. The Morgan fingerprint density at radius 2 is 1.96 bits per heavy atom. The number of nitrogens with zero attached hydrogens (tertiary/aromatic N) is 4. The molecule has 0 saturated carbocycles. The lowest BCUT2D eigenvalue weighted by Gasteiger charge is -2.27. The molecule has 132 valence electrons. The number of hydrogen-bond acceptors (Lipinski definition) is 7. The molecule has 0 radical (unpaired) electrons. The SMILES string of the molecule is Cc1nc(NCc2ccc(F)cc2)nc(N2CCOCC2)c1[N+](=O)[O-]. The van der Waals surface area contributed by atoms with Crippen molar-refractivity contribution in [2.45, 2.75) is 13.5 Å². The van der Waals surface area contributed by atoms with E-state index in [0.717, 1.165) is 5.56 Å². The largest absolute Gasteiger partial charge is 0.378 e. The molecule has 3 rings (SSSR count). The first-order valence-electron chi connectivity index (χ1n) is 7.88. The van der Waals surface area contributed by atoms with Crippen molar-refractivity contribution in [1.29, 1.82) is 0 Å². The number of hydrogen-bond donors (Lipinski definition) is 1. The first-order chi connectivity index (χ1) is 12.0. The predicted octanol–water partition coefficient (Wildman–Crippen LogP) is 2.28. The summed E-state index contributed by atoms with van der Waals surface area (Å²) < 4.78 is 18.3. The van der Waals surface area contributed by atoms with Gasteiger partial charge in [0.05, 0.1) is 18.1 Å². The second-order valence-electron chi connectivity index (χ2n) is 5.64. The molecule has 1 N–H and O–H groups in total. The van der Waals surface area contributed by atoms with E-state index in [1.54, 1.807) is 19.1 Å². The highest BCUT2D eigenvalue weighted by Crippen LogP contribution is 2.30. The van der Waals surface area contributed by atoms with Crippen LogP contribution in [-0.4, -0.2) is 41.2 Å². The molecule has 1 aromatic carbocycles. The fourth-order valence-electron chi connectivity index (χ4n) is 2.62. The van der Waals surface area contributed by atoms with Crippen LogP contribution in [0.15, 0.2) is 24.3 Å². The second-order valence-corrected chi connectivity index (χ2v) is 5.64. The third kappa shape index (κ3) is 4.00. The maximum atomic E-state index is 13.0. The molecule has 9 heteroatoms. The highest BCUT2D eigenvalue weighted by Gasteiger charge is 2.27. The Morgan fingerprint density at radius 3 is 2.60 bits per heavy atom. The van der Waals surface area contributed by atoms with Gasteiger partial charge in [-0.3, -0.25) is 10.1 Å². The van der Waals surface area contributed by atoms with Gasteiger partial charge in [0.2, 0.25) is 11.8 Å². The number of rotatable bonds is 5. The molecule has 0 atom stereocenters. The summed E-state index contributed by atoms with van der Waals surface area (Å²) in [6.07, 6.45) is 0. The molecule has 0 aliphatic carbocycles. The van der Waals surface area contributed by atoms with E-state index in [1.165, 1.54) is 12.1 Å². The smallest absolute Gasteiger partial charge is 0.332 e. The standard InChI is InChI=1S/C16H18FN5O3/c1-11-14(22(23)24)15(21-6-8-25-9-7-21)20-16(19-11)18-10-12-2-4-13(17)5-3-12/h2-5H,6-10H2,1H3,(H,18,19,20). The summed E-state index contributed by atoms with van der Waals surface area (Å²) in [4.78, 5) is 21.3. The van der Waals surface area contributed by atoms with Crippen LogP contribution in [0.3, 0.4) is 0 Å². The van der Waals surface area contributed by atoms with E-state index in [-0.39, 0.29) is 11.5 Å². The van der Waals surface area contributed by atoms with E-state index in [9.17, 15) is 14.5 Å². The van der Waals surface area contributed by atoms with Crippen LogP contribution in [0.4, 0.5) is 21.8 Å². The summed E-state index contributed by atoms with van der Waals surface area (Å²) >= 11 is 0. The van der Waals surface area contributed by atoms with Crippen molar-refractivity contribution < 1.29 is 14.1 Å². The first-order valence-corrected chi connectivity index (χ1v) is 7.88. The maximum Gasteiger partial charge on any atom is 0.332 e. The number of anilines is 2. The fourth-order valence-corrected chi connectivity index (χ4v) is 2.62. The van der Waals surface area contributed by atoms with Gasteiger partial charge in [-0.15, -0.1) is 0 Å². The number of benzene rings is 1. The molecule has 1 saturated heterocycles. The van der Waals surface area contributed by atoms with Gasteiger partial charge >= 0.3 is 5.69 Å². The third-order valence-electron chi connectivity index (χ3n) is 3.90. The molecular weight excluding hydrogens is 329 g/mol. The minimum Gasteiger partial charge on any atom is -0.378 e. The van der Waals surface area contributed by atoms with E-state index in [2.05, 4.69) is 15.3 Å². The Kier molecular flexibility index (Phi) is 5.03. The topological polar surface area (TPSA) is 93.4 Å². The van der Waals surface area contributed by atoms with Crippen molar-refractivity contribution in [2.24, 2.45) is 0 Å². The molecule has 8 nitrogen and oxygen atoms in total. The van der Waals surface area contributed by atoms with Gasteiger partial charge < -0.3 is 15.0 Å². The summed E-state index contributed by atoms with van der Waals surface area (Å²) in [5.41, 5.74) is 1.06. The monoisotopic (exact) mass is 347 g/mol. The molecule has 0 unspecified atom stereocenters. The highest BCUT2D eigenvalue weighted by atomic mass is 19.1. The van der Waals surface area contributed by atoms with E-state index in [0.29, 0.717) is 50.3 Å². The maximum absolute atomic E-state index is 13.0. The minimum absolute atomic E-state index is 0.0887. The molecule has 1 aliphatic heterocycles. The van der Waals surface area contributed by atoms with E-state index in [4.69, 9.17) is 4.74 Å². The van der Waals surface area contributed by atoms with Crippen molar-refractivity contribution in [1.82, 2.24) is 9.97 Å². The lowest BCUT2D eigenvalue weighted by atomic mass is 10.2. The van der Waals surface area contributed by atoms with Crippen molar-refractivity contribution >= 4 is 17.5 Å². The molecule has 1 aliphatic rings. The van der Waals surface area contributed by atoms with E-state index in [1.807, 2.05) is 4.90 Å². The van der Waals surface area contributed by atoms with Crippen LogP contribution >= 0.6 is 0 Å². The zero-order valence-corrected chi connectivity index (χ0v) is 13.7. The number of aromatic nitrogens is 2. The Labute approximate surface area is 143 Å². The quantitative estimate of drug-likeness (QED) is 0.655. The first kappa shape index (κ1) is 17.0. The molecule has 25 heavy (non-hydrogen) atoms. The van der Waals surface area contributed by atoms with Gasteiger partial charge in [0.1, 0.15) is 11.5 Å². The summed E-state index contributed by atoms with van der Waals surface area (Å²) in [6.45, 7) is 4.05. The van der Waals surface area contributed by atoms with Gasteiger partial charge in [0.25, 0.3) is 0 Å². The van der Waals surface area contributed by atoms with E-state index >= 15 is 0 Å². The summed E-state index contributed by atoms with van der Waals surface area (Å²) in [5.74, 6) is 0.289. The van der Waals surface area contributed by atoms with Crippen LogP contribution in [-0.2, 0) is 11.3 Å². The Balaban J connectivity index is 1.85. The van der Waals surface area contributed by atoms with Crippen LogP contribution in [0.25, 0.3) is 0 Å². The molecule has 0 bridgehead atoms. The van der Waals surface area contributed by atoms with Gasteiger partial charge in [-0.05, 0) is 24.6 Å². The van der Waals surface area contributed by atoms with Gasteiger partial charge in [-0.2, -0.15) is 4.98 Å². The summed E-state index contributed by atoms with van der Waals surface area (Å²) in [7, 11) is 0. The van der Waals surface area contributed by atoms with Gasteiger partial charge in [0.15, 0.2) is 0 Å². The molecule has 2 heterocycles. The lowest BCUT2D eigenvalue weighted by Crippen LogP contribution is -2.37. The van der Waals surface area contributed by atoms with Crippen molar-refractivity contribution in [3.63, 3.8) is 0 Å². The lowest BCUT2D eigenvalue weighted by molar-refractivity contribution is -0.385. The normalized spacial score (nSPS) is 14.4. The van der Waals surface area contributed by atoms with Crippen LogP contribution in [0.5, 0.6) is 0 Å². The average Bonchev–Trinajstić information content (AvgIpc) is 2.61. The van der Waals surface area contributed by atoms with Crippen molar-refractivity contribution in [3.8, 4) is 0 Å². The van der Waals surface area contributed by atoms with E-state index < -0.39 is 4.92 Å². The van der Waals surface area contributed by atoms with Gasteiger partial charge in [-0.25, -0.2) is 9.37 Å².